The van der Waals surface area contributed by atoms with Crippen LogP contribution in [0.4, 0.5) is 0 Å². The topological polar surface area (TPSA) is 105 Å². The van der Waals surface area contributed by atoms with E-state index in [9.17, 15) is 19.9 Å². The molecule has 5 unspecified atom stereocenters. The quantitative estimate of drug-likeness (QED) is 0.409. The molecule has 4 N–H and O–H groups in total. The van der Waals surface area contributed by atoms with E-state index in [4.69, 9.17) is 4.74 Å². The van der Waals surface area contributed by atoms with E-state index in [0.717, 1.165) is 18.6 Å². The lowest BCUT2D eigenvalue weighted by Gasteiger charge is -2.44. The van der Waals surface area contributed by atoms with Crippen LogP contribution in [0, 0.1) is 5.92 Å². The van der Waals surface area contributed by atoms with Crippen LogP contribution in [0.5, 0.6) is 0 Å². The second-order valence-corrected chi connectivity index (χ2v) is 11.0. The highest BCUT2D eigenvalue weighted by molar-refractivity contribution is 7.99. The summed E-state index contributed by atoms with van der Waals surface area (Å²) in [6.07, 6.45) is 1.53. The van der Waals surface area contributed by atoms with Crippen LogP contribution in [0.15, 0.2) is 12.2 Å². The summed E-state index contributed by atoms with van der Waals surface area (Å²) in [6, 6.07) is -0.449. The third-order valence-electron chi connectivity index (χ3n) is 4.56. The Balaban J connectivity index is 2.30. The fraction of sp³-hybridized carbons (Fsp3) is 0.882. The Morgan fingerprint density at radius 2 is 1.88 bits per heavy atom. The van der Waals surface area contributed by atoms with Gasteiger partial charge in [-0.1, -0.05) is 19.1 Å². The molecular weight excluding hydrogens is 362 g/mol. The van der Waals surface area contributed by atoms with Crippen LogP contribution in [0.3, 0.4) is 0 Å². The zero-order valence-corrected chi connectivity index (χ0v) is 16.9. The van der Waals surface area contributed by atoms with Crippen LogP contribution in [0.25, 0.3) is 0 Å². The SMILES string of the molecule is C[C@@H]1/C=C\CCCSC2OC(C(O)C(O)C2O)[C@@H]1N[S@+]([O-])C(C)(C)C. The Morgan fingerprint density at radius 3 is 2.52 bits per heavy atom. The molecule has 8 heteroatoms. The van der Waals surface area contributed by atoms with Crippen molar-refractivity contribution in [1.29, 1.82) is 0 Å². The van der Waals surface area contributed by atoms with E-state index in [0.29, 0.717) is 0 Å². The lowest BCUT2D eigenvalue weighted by atomic mass is 9.88. The number of hydrogen-bond donors (Lipinski definition) is 4. The average Bonchev–Trinajstić information content (AvgIpc) is 2.56. The fourth-order valence-corrected chi connectivity index (χ4v) is 4.99. The molecule has 1 fully saturated rings. The number of fused-ring (bicyclic) bond motifs is 2. The molecule has 2 aliphatic rings. The van der Waals surface area contributed by atoms with E-state index < -0.39 is 52.0 Å². The van der Waals surface area contributed by atoms with Gasteiger partial charge in [0.25, 0.3) is 0 Å². The van der Waals surface area contributed by atoms with E-state index in [2.05, 4.69) is 10.8 Å². The third kappa shape index (κ3) is 5.35. The number of allylic oxidation sites excluding steroid dienone is 1. The highest BCUT2D eigenvalue weighted by Gasteiger charge is 2.49. The Morgan fingerprint density at radius 1 is 1.20 bits per heavy atom. The van der Waals surface area contributed by atoms with Crippen LogP contribution in [-0.2, 0) is 16.1 Å². The van der Waals surface area contributed by atoms with Gasteiger partial charge in [-0.25, -0.2) is 0 Å². The zero-order chi connectivity index (χ0) is 18.8. The smallest absolute Gasteiger partial charge is 0.136 e. The maximum Gasteiger partial charge on any atom is 0.136 e. The van der Waals surface area contributed by atoms with Gasteiger partial charge in [0.2, 0.25) is 0 Å². The first-order valence-electron chi connectivity index (χ1n) is 8.79. The maximum atomic E-state index is 12.6. The maximum absolute atomic E-state index is 12.6. The van der Waals surface area contributed by atoms with Crippen molar-refractivity contribution in [3.05, 3.63) is 12.2 Å². The van der Waals surface area contributed by atoms with Gasteiger partial charge < -0.3 is 24.6 Å². The predicted molar refractivity (Wildman–Crippen MR) is 101 cm³/mol. The van der Waals surface area contributed by atoms with E-state index >= 15 is 0 Å². The number of aliphatic hydroxyl groups excluding tert-OH is 3. The van der Waals surface area contributed by atoms with Crippen molar-refractivity contribution >= 4 is 23.1 Å². The molecule has 0 aromatic heterocycles. The summed E-state index contributed by atoms with van der Waals surface area (Å²) < 4.78 is 21.2. The normalized spacial score (nSPS) is 43.1. The number of hydrogen-bond acceptors (Lipinski definition) is 7. The van der Waals surface area contributed by atoms with Gasteiger partial charge in [0, 0.05) is 11.4 Å². The minimum absolute atomic E-state index is 0.0582. The van der Waals surface area contributed by atoms with Crippen molar-refractivity contribution < 1.29 is 24.6 Å². The summed E-state index contributed by atoms with van der Waals surface area (Å²) in [5.74, 6) is 0.735. The lowest BCUT2D eigenvalue weighted by Crippen LogP contribution is -2.64. The summed E-state index contributed by atoms with van der Waals surface area (Å²) in [7, 11) is 0. The molecular formula is C17H31NO5S2. The van der Waals surface area contributed by atoms with Gasteiger partial charge in [0.05, 0.1) is 6.04 Å². The number of thioether (sulfide) groups is 1. The fourth-order valence-electron chi connectivity index (χ4n) is 2.91. The zero-order valence-electron chi connectivity index (χ0n) is 15.3. The van der Waals surface area contributed by atoms with Crippen LogP contribution < -0.4 is 4.72 Å². The molecule has 2 heterocycles. The van der Waals surface area contributed by atoms with E-state index in [1.807, 2.05) is 33.8 Å². The Labute approximate surface area is 157 Å². The Hall–Kier alpha value is 0.200. The summed E-state index contributed by atoms with van der Waals surface area (Å²) in [5.41, 5.74) is -0.610. The number of ether oxygens (including phenoxy) is 1. The summed E-state index contributed by atoms with van der Waals surface area (Å²) in [5, 5.41) is 31.0. The van der Waals surface area contributed by atoms with Gasteiger partial charge in [-0.05, 0) is 45.3 Å². The molecule has 2 rings (SSSR count). The molecule has 2 aliphatic heterocycles. The predicted octanol–water partition coefficient (Wildman–Crippen LogP) is 0.934. The first-order valence-corrected chi connectivity index (χ1v) is 11.0. The van der Waals surface area contributed by atoms with Gasteiger partial charge >= 0.3 is 0 Å². The van der Waals surface area contributed by atoms with Crippen LogP contribution in [0.1, 0.15) is 40.5 Å². The standard InChI is InChI=1S/C17H31NO5S2/c1-10-8-6-5-7-9-24-16-14(21)12(19)13(20)15(23-16)11(10)18-25(22)17(2,3)4/h6,8,10-16,18-21H,5,7,9H2,1-4H3/b8-6-/t10-,11-,12?,13?,14?,15?,16?,25-/m1/s1. The van der Waals surface area contributed by atoms with Gasteiger partial charge in [-0.15, -0.1) is 16.5 Å². The van der Waals surface area contributed by atoms with E-state index in [-0.39, 0.29) is 5.92 Å². The van der Waals surface area contributed by atoms with Crippen molar-refractivity contribution in [2.24, 2.45) is 5.92 Å². The van der Waals surface area contributed by atoms with Crippen LogP contribution >= 0.6 is 11.8 Å². The molecule has 0 amide bonds. The van der Waals surface area contributed by atoms with Crippen molar-refractivity contribution in [3.8, 4) is 0 Å². The molecule has 0 aromatic rings. The molecule has 0 spiro atoms. The number of aliphatic hydroxyl groups is 3. The van der Waals surface area contributed by atoms with E-state index in [1.165, 1.54) is 11.8 Å². The van der Waals surface area contributed by atoms with Crippen molar-refractivity contribution in [2.45, 2.75) is 81.2 Å². The molecule has 146 valence electrons. The molecule has 25 heavy (non-hydrogen) atoms. The summed E-state index contributed by atoms with van der Waals surface area (Å²) >= 11 is 0.0913. The molecule has 0 aliphatic carbocycles. The average molecular weight is 394 g/mol. The van der Waals surface area contributed by atoms with Crippen LogP contribution in [-0.4, -0.2) is 66.3 Å². The van der Waals surface area contributed by atoms with Crippen molar-refractivity contribution in [2.75, 3.05) is 5.75 Å². The molecule has 6 nitrogen and oxygen atoms in total. The molecule has 8 atom stereocenters. The monoisotopic (exact) mass is 393 g/mol. The number of nitrogens with one attached hydrogen (secondary N) is 1. The molecule has 0 aromatic carbocycles. The largest absolute Gasteiger partial charge is 0.598 e. The minimum atomic E-state index is -1.35. The first-order chi connectivity index (χ1) is 11.6. The lowest BCUT2D eigenvalue weighted by molar-refractivity contribution is -0.205. The minimum Gasteiger partial charge on any atom is -0.598 e. The van der Waals surface area contributed by atoms with Crippen LogP contribution in [0.2, 0.25) is 0 Å². The Bertz CT molecular complexity index is 459. The molecule has 0 saturated carbocycles. The highest BCUT2D eigenvalue weighted by atomic mass is 32.2. The highest BCUT2D eigenvalue weighted by Crippen LogP contribution is 2.33. The third-order valence-corrected chi connectivity index (χ3v) is 7.40. The molecule has 2 bridgehead atoms. The van der Waals surface area contributed by atoms with Crippen molar-refractivity contribution in [1.82, 2.24) is 4.72 Å². The Kier molecular flexibility index (Phi) is 7.68. The first kappa shape index (κ1) is 21.5. The van der Waals surface area contributed by atoms with Gasteiger partial charge in [-0.2, -0.15) is 0 Å². The summed E-state index contributed by atoms with van der Waals surface area (Å²) in [4.78, 5) is 0. The second kappa shape index (κ2) is 8.93. The second-order valence-electron chi connectivity index (χ2n) is 7.77. The van der Waals surface area contributed by atoms with Gasteiger partial charge in [0.1, 0.15) is 34.6 Å². The van der Waals surface area contributed by atoms with Gasteiger partial charge in [0.15, 0.2) is 0 Å². The van der Waals surface area contributed by atoms with E-state index in [1.54, 1.807) is 0 Å². The summed E-state index contributed by atoms with van der Waals surface area (Å²) in [6.45, 7) is 7.59. The number of rotatable bonds is 2. The van der Waals surface area contributed by atoms with Gasteiger partial charge in [-0.3, -0.25) is 0 Å². The van der Waals surface area contributed by atoms with Crippen molar-refractivity contribution in [3.63, 3.8) is 0 Å². The molecule has 0 radical (unpaired) electrons. The molecule has 1 saturated heterocycles.